The highest BCUT2D eigenvalue weighted by molar-refractivity contribution is 5.94. The Labute approximate surface area is 492 Å². The average molecular weight is 1150 g/mol. The van der Waals surface area contributed by atoms with Crippen molar-refractivity contribution in [3.8, 4) is 23.0 Å². The van der Waals surface area contributed by atoms with Crippen LogP contribution in [0.15, 0.2) is 134 Å². The number of nitrogens with zero attached hydrogens (tertiary/aromatic N) is 5. The van der Waals surface area contributed by atoms with Crippen molar-refractivity contribution in [3.05, 3.63) is 178 Å². The van der Waals surface area contributed by atoms with Crippen LogP contribution in [-0.2, 0) is 48.5 Å². The van der Waals surface area contributed by atoms with E-state index in [1.165, 1.54) is 16.0 Å². The number of piperidine rings is 2. The minimum Gasteiger partial charge on any atom is -0.508 e. The van der Waals surface area contributed by atoms with E-state index in [0.717, 1.165) is 98.7 Å². The second-order valence-electron chi connectivity index (χ2n) is 23.0. The van der Waals surface area contributed by atoms with Crippen LogP contribution >= 0.6 is 0 Å². The maximum absolute atomic E-state index is 13.3. The number of rotatable bonds is 19. The first kappa shape index (κ1) is 60.9. The molecular weight excluding hydrogens is 1070 g/mol. The van der Waals surface area contributed by atoms with Crippen molar-refractivity contribution in [2.75, 3.05) is 53.2 Å². The third kappa shape index (κ3) is 17.7. The first-order chi connectivity index (χ1) is 40.6. The van der Waals surface area contributed by atoms with Crippen LogP contribution < -0.4 is 30.2 Å². The van der Waals surface area contributed by atoms with Crippen LogP contribution in [0.1, 0.15) is 101 Å². The summed E-state index contributed by atoms with van der Waals surface area (Å²) in [4.78, 5) is 53.5. The number of nitrogens with one attached hydrogen (secondary N) is 3. The van der Waals surface area contributed by atoms with E-state index in [9.17, 15) is 29.7 Å². The van der Waals surface area contributed by atoms with Gasteiger partial charge in [0, 0.05) is 115 Å². The minimum atomic E-state index is -1.03. The van der Waals surface area contributed by atoms with Crippen molar-refractivity contribution in [1.29, 1.82) is 0 Å². The van der Waals surface area contributed by atoms with Gasteiger partial charge in [-0.25, -0.2) is 4.79 Å². The predicted octanol–water partition coefficient (Wildman–Crippen LogP) is 7.20. The molecule has 0 saturated carbocycles. The lowest BCUT2D eigenvalue weighted by molar-refractivity contribution is -0.0114. The molecule has 84 heavy (non-hydrogen) atoms. The number of phenolic OH excluding ortho intramolecular Hbond substituents is 1. The van der Waals surface area contributed by atoms with Gasteiger partial charge in [0.15, 0.2) is 6.79 Å². The normalized spacial score (nSPS) is 18.4. The van der Waals surface area contributed by atoms with Gasteiger partial charge in [0.2, 0.25) is 0 Å². The molecule has 0 unspecified atom stereocenters. The fourth-order valence-corrected chi connectivity index (χ4v) is 11.0. The molecule has 3 amide bonds. The van der Waals surface area contributed by atoms with Crippen LogP contribution in [0.2, 0.25) is 0 Å². The number of benzene rings is 4. The molecule has 4 atom stereocenters. The van der Waals surface area contributed by atoms with Gasteiger partial charge in [-0.1, -0.05) is 12.1 Å². The quantitative estimate of drug-likeness (QED) is 0.0441. The molecule has 19 nitrogen and oxygen atoms in total. The molecule has 6 heterocycles. The van der Waals surface area contributed by atoms with Crippen LogP contribution in [0.25, 0.3) is 0 Å². The Morgan fingerprint density at radius 2 is 1.13 bits per heavy atom. The summed E-state index contributed by atoms with van der Waals surface area (Å²) < 4.78 is 28.7. The van der Waals surface area contributed by atoms with Gasteiger partial charge >= 0.3 is 6.09 Å². The van der Waals surface area contributed by atoms with Crippen molar-refractivity contribution < 1.29 is 53.4 Å². The molecule has 2 fully saturated rings. The van der Waals surface area contributed by atoms with Crippen molar-refractivity contribution >= 4 is 17.9 Å². The Morgan fingerprint density at radius 3 is 1.65 bits per heavy atom. The number of amides is 3. The number of pyridine rings is 2. The summed E-state index contributed by atoms with van der Waals surface area (Å²) in [5.74, 6) is 1.81. The average Bonchev–Trinajstić information content (AvgIpc) is 2.93. The van der Waals surface area contributed by atoms with Crippen LogP contribution in [0.5, 0.6) is 23.0 Å². The Balaban J connectivity index is 0.000000207. The maximum atomic E-state index is 13.3. The SMILES string of the molecule is COCOc1ccc2c(c1)CN(C(=O)OC(C)(C)C)[C@H]([C@H](O)CNC(=O)c1ccc(OC3CCN(Cc4ccncc4)CC3)cc1)C2.O=C(NC[C@@H](O)[C@@H]1Cc2ccc(O)cc2CN1)c1ccc(OC2CCN(Cc3ccncc3)CC2)cc1. The van der Waals surface area contributed by atoms with E-state index in [4.69, 9.17) is 23.7 Å². The molecule has 2 aromatic heterocycles. The monoisotopic (exact) mass is 1150 g/mol. The molecule has 0 radical (unpaired) electrons. The molecule has 4 aliphatic rings. The Morgan fingerprint density at radius 1 is 0.631 bits per heavy atom. The summed E-state index contributed by atoms with van der Waals surface area (Å²) >= 11 is 0. The van der Waals surface area contributed by atoms with E-state index in [0.29, 0.717) is 36.3 Å². The lowest BCUT2D eigenvalue weighted by atomic mass is 9.91. The van der Waals surface area contributed by atoms with Gasteiger partial charge in [0.25, 0.3) is 11.8 Å². The number of ether oxygens (including phenoxy) is 5. The summed E-state index contributed by atoms with van der Waals surface area (Å²) in [6.07, 6.45) is 10.1. The van der Waals surface area contributed by atoms with E-state index in [-0.39, 0.29) is 62.2 Å². The number of aliphatic hydroxyl groups is 2. The summed E-state index contributed by atoms with van der Waals surface area (Å²) in [7, 11) is 1.55. The number of carbonyl (C=O) groups excluding carboxylic acids is 3. The van der Waals surface area contributed by atoms with Crippen LogP contribution in [0.3, 0.4) is 0 Å². The molecule has 0 bridgehead atoms. The lowest BCUT2D eigenvalue weighted by Gasteiger charge is -2.40. The second kappa shape index (κ2) is 29.2. The second-order valence-corrected chi connectivity index (χ2v) is 23.0. The maximum Gasteiger partial charge on any atom is 0.410 e. The van der Waals surface area contributed by atoms with Crippen molar-refractivity contribution in [2.24, 2.45) is 0 Å². The molecule has 0 aliphatic carbocycles. The fourth-order valence-electron chi connectivity index (χ4n) is 11.0. The molecule has 0 spiro atoms. The summed E-state index contributed by atoms with van der Waals surface area (Å²) in [5, 5.41) is 40.5. The number of hydrogen-bond acceptors (Lipinski definition) is 16. The Kier molecular flexibility index (Phi) is 21.2. The van der Waals surface area contributed by atoms with E-state index in [1.807, 2.05) is 85.5 Å². The summed E-state index contributed by atoms with van der Waals surface area (Å²) in [5.41, 5.74) is 6.83. The smallest absolute Gasteiger partial charge is 0.410 e. The highest BCUT2D eigenvalue weighted by Gasteiger charge is 2.37. The molecular formula is C65H80N8O11. The summed E-state index contributed by atoms with van der Waals surface area (Å²) in [6.45, 7) is 12.2. The molecule has 19 heteroatoms. The van der Waals surface area contributed by atoms with E-state index < -0.39 is 29.9 Å². The minimum absolute atomic E-state index is 0.0382. The molecule has 4 aromatic carbocycles. The molecule has 10 rings (SSSR count). The fraction of sp³-hybridized carbons (Fsp3) is 0.431. The zero-order valence-electron chi connectivity index (χ0n) is 48.5. The number of phenols is 1. The first-order valence-electron chi connectivity index (χ1n) is 29.1. The molecule has 2 saturated heterocycles. The highest BCUT2D eigenvalue weighted by Crippen LogP contribution is 2.31. The van der Waals surface area contributed by atoms with Gasteiger partial charge in [-0.15, -0.1) is 0 Å². The van der Waals surface area contributed by atoms with Crippen molar-refractivity contribution in [1.82, 2.24) is 40.6 Å². The topological polar surface area (TPSA) is 230 Å². The standard InChI is InChI=1S/C36H46N4O7.C29H34N4O4/c1-36(2,3)47-35(43)40-23-28-19-31(45-24-44-4)10-7-27(28)20-32(40)33(41)21-38-34(42)26-5-8-29(9-6-26)46-30-13-17-39(18-14-30)22-25-11-15-37-16-12-25;34-24-4-1-22-16-27(31-17-23(22)15-24)28(35)18-32-29(36)21-2-5-25(6-3-21)37-26-9-13-33(14-10-26)19-20-7-11-30-12-8-20/h5-12,15-16,19,30,32-33,41H,13-14,17-18,20-24H2,1-4H3,(H,38,42);1-8,11-12,15,26-28,31,34-35H,9-10,13-14,16-19H2,(H,32,36)/t32-,33+;27-,28+/m00/s1. The zero-order chi connectivity index (χ0) is 59.0. The van der Waals surface area contributed by atoms with Crippen molar-refractivity contribution in [3.63, 3.8) is 0 Å². The van der Waals surface area contributed by atoms with Crippen LogP contribution in [0.4, 0.5) is 4.79 Å². The number of aliphatic hydroxyl groups excluding tert-OH is 2. The van der Waals surface area contributed by atoms with Crippen molar-refractivity contribution in [2.45, 2.75) is 128 Å². The number of carbonyl (C=O) groups is 3. The van der Waals surface area contributed by atoms with Gasteiger partial charge in [0.05, 0.1) is 18.2 Å². The third-order valence-corrected chi connectivity index (χ3v) is 15.6. The Hall–Kier alpha value is -7.65. The lowest BCUT2D eigenvalue weighted by Crippen LogP contribution is -2.54. The zero-order valence-corrected chi connectivity index (χ0v) is 48.5. The first-order valence-corrected chi connectivity index (χ1v) is 29.1. The number of fused-ring (bicyclic) bond motifs is 2. The van der Waals surface area contributed by atoms with Gasteiger partial charge in [-0.2, -0.15) is 0 Å². The predicted molar refractivity (Wildman–Crippen MR) is 317 cm³/mol. The number of likely N-dealkylation sites (tertiary alicyclic amines) is 2. The number of methoxy groups -OCH3 is 1. The largest absolute Gasteiger partial charge is 0.508 e. The van der Waals surface area contributed by atoms with E-state index >= 15 is 0 Å². The van der Waals surface area contributed by atoms with Gasteiger partial charge in [-0.05, 0) is 190 Å². The number of aromatic hydroxyl groups is 1. The highest BCUT2D eigenvalue weighted by atomic mass is 16.7. The van der Waals surface area contributed by atoms with Crippen LogP contribution in [0, 0.1) is 0 Å². The number of hydrogen-bond donors (Lipinski definition) is 6. The third-order valence-electron chi connectivity index (χ3n) is 15.6. The molecule has 6 aromatic rings. The number of aromatic nitrogens is 2. The molecule has 446 valence electrons. The van der Waals surface area contributed by atoms with E-state index in [1.54, 1.807) is 64.3 Å². The van der Waals surface area contributed by atoms with E-state index in [2.05, 4.69) is 47.9 Å². The summed E-state index contributed by atoms with van der Waals surface area (Å²) in [6, 6.07) is 32.6. The Bertz CT molecular complexity index is 3060. The molecule has 4 aliphatic heterocycles. The molecule has 6 N–H and O–H groups in total. The van der Waals surface area contributed by atoms with Gasteiger partial charge in [-0.3, -0.25) is 34.3 Å². The van der Waals surface area contributed by atoms with Gasteiger partial charge < -0.3 is 55.0 Å². The van der Waals surface area contributed by atoms with Gasteiger partial charge in [0.1, 0.15) is 40.8 Å². The van der Waals surface area contributed by atoms with Crippen LogP contribution in [-0.4, -0.2) is 153 Å².